The van der Waals surface area contributed by atoms with E-state index in [1.54, 1.807) is 0 Å². The SMILES string of the molecule is F[B-](F)(F)F.O=S(=O)([O-])C(F)(F)F.[Li+].[Na+]. The van der Waals surface area contributed by atoms with E-state index < -0.39 is 22.9 Å². The molecule has 0 aliphatic carbocycles. The Morgan fingerprint density at radius 1 is 1.00 bits per heavy atom. The molecular formula is CBF7LiNaO3S. The minimum absolute atomic E-state index is 0. The molecule has 82 valence electrons. The molecule has 0 atom stereocenters. The van der Waals surface area contributed by atoms with Crippen LogP contribution >= 0.6 is 0 Å². The standard InChI is InChI=1S/CHF3O3S.BF4.Li.Na/c2-1(3,4)8(5,6)7;2-1(3,4)5;;/h(H,5,6,7);;;/q;-1;2*+1/p-1. The molecule has 0 rings (SSSR count). The Morgan fingerprint density at radius 2 is 1.07 bits per heavy atom. The van der Waals surface area contributed by atoms with E-state index in [0.717, 1.165) is 0 Å². The first-order valence-electron chi connectivity index (χ1n) is 2.14. The van der Waals surface area contributed by atoms with Crippen LogP contribution in [0, 0.1) is 0 Å². The average molecular weight is 266 g/mol. The second-order valence-corrected chi connectivity index (χ2v) is 2.77. The molecule has 0 bridgehead atoms. The minimum atomic E-state index is -6.09. The summed E-state index contributed by atoms with van der Waals surface area (Å²) < 4.78 is 97.9. The van der Waals surface area contributed by atoms with E-state index in [2.05, 4.69) is 0 Å². The van der Waals surface area contributed by atoms with E-state index >= 15 is 0 Å². The fraction of sp³-hybridized carbons (Fsp3) is 1.00. The molecule has 0 spiro atoms. The third-order valence-corrected chi connectivity index (χ3v) is 0.850. The zero-order chi connectivity index (χ0) is 11.5. The molecule has 15 heavy (non-hydrogen) atoms. The molecule has 0 aliphatic heterocycles. The number of halogens is 7. The summed E-state index contributed by atoms with van der Waals surface area (Å²) in [6.45, 7) is 0. The van der Waals surface area contributed by atoms with E-state index in [0.29, 0.717) is 0 Å². The summed E-state index contributed by atoms with van der Waals surface area (Å²) in [6.07, 6.45) is 0. The molecule has 0 aromatic rings. The number of rotatable bonds is 0. The van der Waals surface area contributed by atoms with Crippen LogP contribution < -0.4 is 48.4 Å². The molecule has 0 saturated heterocycles. The van der Waals surface area contributed by atoms with Crippen molar-refractivity contribution in [2.45, 2.75) is 5.51 Å². The van der Waals surface area contributed by atoms with Gasteiger partial charge in [-0.05, 0) is 0 Å². The first-order valence-corrected chi connectivity index (χ1v) is 3.55. The van der Waals surface area contributed by atoms with Gasteiger partial charge in [0.15, 0.2) is 10.1 Å². The molecular weight excluding hydrogens is 266 g/mol. The molecule has 0 saturated carbocycles. The average Bonchev–Trinajstić information content (AvgIpc) is 1.50. The Hall–Kier alpha value is 1.08. The molecule has 0 aromatic heterocycles. The molecule has 0 aromatic carbocycles. The quantitative estimate of drug-likeness (QED) is 0.192. The van der Waals surface area contributed by atoms with E-state index in [-0.39, 0.29) is 48.4 Å². The van der Waals surface area contributed by atoms with E-state index in [9.17, 15) is 30.4 Å². The summed E-state index contributed by atoms with van der Waals surface area (Å²) in [7, 11) is -12.1. The smallest absolute Gasteiger partial charge is 0.741 e. The van der Waals surface area contributed by atoms with Crippen LogP contribution in [0.1, 0.15) is 0 Å². The van der Waals surface area contributed by atoms with E-state index in [1.165, 1.54) is 0 Å². The van der Waals surface area contributed by atoms with Crippen molar-refractivity contribution in [2.75, 3.05) is 0 Å². The van der Waals surface area contributed by atoms with Gasteiger partial charge in [-0.2, -0.15) is 13.2 Å². The summed E-state index contributed by atoms with van der Waals surface area (Å²) in [6, 6.07) is 0. The molecule has 3 nitrogen and oxygen atoms in total. The zero-order valence-electron chi connectivity index (χ0n) is 7.36. The Bertz CT molecular complexity index is 240. The maximum absolute atomic E-state index is 10.7. The van der Waals surface area contributed by atoms with E-state index in [4.69, 9.17) is 13.0 Å². The van der Waals surface area contributed by atoms with Crippen molar-refractivity contribution in [2.24, 2.45) is 0 Å². The molecule has 0 fully saturated rings. The molecule has 0 amide bonds. The number of alkyl halides is 3. The Morgan fingerprint density at radius 3 is 1.07 bits per heavy atom. The minimum Gasteiger partial charge on any atom is -0.741 e. The molecule has 14 heteroatoms. The van der Waals surface area contributed by atoms with Crippen molar-refractivity contribution in [3.63, 3.8) is 0 Å². The van der Waals surface area contributed by atoms with Crippen molar-refractivity contribution in [3.8, 4) is 0 Å². The Balaban J connectivity index is -0.0000000770. The van der Waals surface area contributed by atoms with Crippen LogP contribution in [0.2, 0.25) is 0 Å². The summed E-state index contributed by atoms with van der Waals surface area (Å²) >= 11 is 0. The van der Waals surface area contributed by atoms with Crippen molar-refractivity contribution < 1.29 is 91.8 Å². The van der Waals surface area contributed by atoms with Crippen molar-refractivity contribution in [1.29, 1.82) is 0 Å². The fourth-order valence-corrected chi connectivity index (χ4v) is 0. The first kappa shape index (κ1) is 25.1. The third kappa shape index (κ3) is 25.4. The third-order valence-electron chi connectivity index (χ3n) is 0.283. The predicted octanol–water partition coefficient (Wildman–Crippen LogP) is -4.64. The summed E-state index contributed by atoms with van der Waals surface area (Å²) in [4.78, 5) is 0. The Labute approximate surface area is 114 Å². The van der Waals surface area contributed by atoms with Crippen molar-refractivity contribution in [1.82, 2.24) is 0 Å². The van der Waals surface area contributed by atoms with Crippen LogP contribution in [-0.2, 0) is 10.1 Å². The van der Waals surface area contributed by atoms with E-state index in [1.807, 2.05) is 0 Å². The van der Waals surface area contributed by atoms with Crippen LogP contribution in [0.25, 0.3) is 0 Å². The monoisotopic (exact) mass is 266 g/mol. The van der Waals surface area contributed by atoms with Crippen LogP contribution in [0.5, 0.6) is 0 Å². The van der Waals surface area contributed by atoms with Gasteiger partial charge in [-0.1, -0.05) is 0 Å². The molecule has 0 aliphatic rings. The normalized spacial score (nSPS) is 11.5. The predicted molar refractivity (Wildman–Crippen MR) is 25.9 cm³/mol. The van der Waals surface area contributed by atoms with Gasteiger partial charge >= 0.3 is 61.2 Å². The number of hydrogen-bond acceptors (Lipinski definition) is 3. The Kier molecular flexibility index (Phi) is 13.7. The van der Waals surface area contributed by atoms with Gasteiger partial charge in [-0.25, -0.2) is 8.42 Å². The van der Waals surface area contributed by atoms with Gasteiger partial charge in [0, 0.05) is 0 Å². The van der Waals surface area contributed by atoms with Crippen LogP contribution in [0.3, 0.4) is 0 Å². The summed E-state index contributed by atoms with van der Waals surface area (Å²) in [5.41, 5.74) is -5.65. The summed E-state index contributed by atoms with van der Waals surface area (Å²) in [5.74, 6) is 0. The van der Waals surface area contributed by atoms with Gasteiger partial charge in [0.2, 0.25) is 0 Å². The topological polar surface area (TPSA) is 57.2 Å². The second-order valence-electron chi connectivity index (χ2n) is 1.39. The molecule has 0 heterocycles. The van der Waals surface area contributed by atoms with Crippen LogP contribution in [-0.4, -0.2) is 25.7 Å². The largest absolute Gasteiger partial charge is 1.00 e. The summed E-state index contributed by atoms with van der Waals surface area (Å²) in [5, 5.41) is 0. The van der Waals surface area contributed by atoms with Gasteiger partial charge in [0.1, 0.15) is 0 Å². The number of hydrogen-bond donors (Lipinski definition) is 0. The van der Waals surface area contributed by atoms with Crippen LogP contribution in [0.4, 0.5) is 30.4 Å². The van der Waals surface area contributed by atoms with Gasteiger partial charge < -0.3 is 21.8 Å². The maximum Gasteiger partial charge on any atom is 1.00 e. The van der Waals surface area contributed by atoms with Gasteiger partial charge in [0.25, 0.3) is 0 Å². The van der Waals surface area contributed by atoms with Gasteiger partial charge in [-0.15, -0.1) is 0 Å². The second kappa shape index (κ2) is 8.21. The van der Waals surface area contributed by atoms with Gasteiger partial charge in [0.05, 0.1) is 0 Å². The molecule has 0 radical (unpaired) electrons. The molecule has 0 unspecified atom stereocenters. The fourth-order valence-electron chi connectivity index (χ4n) is 0. The zero-order valence-corrected chi connectivity index (χ0v) is 10.2. The van der Waals surface area contributed by atoms with Crippen molar-refractivity contribution in [3.05, 3.63) is 0 Å². The first-order chi connectivity index (χ1) is 5.25. The van der Waals surface area contributed by atoms with Crippen LogP contribution in [0.15, 0.2) is 0 Å². The maximum atomic E-state index is 10.7. The van der Waals surface area contributed by atoms with Gasteiger partial charge in [-0.3, -0.25) is 0 Å². The molecule has 0 N–H and O–H groups in total. The van der Waals surface area contributed by atoms with Crippen molar-refractivity contribution >= 4 is 17.4 Å².